The highest BCUT2D eigenvalue weighted by Crippen LogP contribution is 2.12. The van der Waals surface area contributed by atoms with E-state index in [2.05, 4.69) is 0 Å². The first-order chi connectivity index (χ1) is 8.66. The minimum atomic E-state index is -0.382. The van der Waals surface area contributed by atoms with E-state index in [0.717, 1.165) is 42.9 Å². The van der Waals surface area contributed by atoms with Crippen molar-refractivity contribution in [2.45, 2.75) is 38.8 Å². The molecule has 0 saturated carbocycles. The number of aromatic nitrogens is 1. The number of thiazole rings is 1. The van der Waals surface area contributed by atoms with Crippen molar-refractivity contribution in [1.82, 2.24) is 4.57 Å². The molecule has 0 N–H and O–H groups in total. The fraction of sp³-hybridized carbons (Fsp3) is 0.667. The molecule has 2 rings (SSSR count). The maximum absolute atomic E-state index is 11.6. The number of esters is 1. The standard InChI is InChI=1S/C12H17NO4S/c1-9-8-18-12(15)13(9)6-11(14)17-7-10-4-2-3-5-16-10/h8,10H,2-7H2,1H3. The number of carbonyl (C=O) groups excluding carboxylic acids is 1. The van der Waals surface area contributed by atoms with Crippen molar-refractivity contribution < 1.29 is 14.3 Å². The van der Waals surface area contributed by atoms with Crippen molar-refractivity contribution in [3.63, 3.8) is 0 Å². The Balaban J connectivity index is 1.80. The van der Waals surface area contributed by atoms with E-state index in [-0.39, 0.29) is 30.1 Å². The van der Waals surface area contributed by atoms with Crippen LogP contribution in [0.5, 0.6) is 0 Å². The fourth-order valence-electron chi connectivity index (χ4n) is 1.90. The number of ether oxygens (including phenoxy) is 2. The second kappa shape index (κ2) is 6.15. The summed E-state index contributed by atoms with van der Waals surface area (Å²) < 4.78 is 12.0. The first kappa shape index (κ1) is 13.3. The summed E-state index contributed by atoms with van der Waals surface area (Å²) in [4.78, 5) is 22.9. The number of nitrogens with zero attached hydrogens (tertiary/aromatic N) is 1. The maximum Gasteiger partial charge on any atom is 0.326 e. The molecule has 1 saturated heterocycles. The van der Waals surface area contributed by atoms with E-state index in [9.17, 15) is 9.59 Å². The largest absolute Gasteiger partial charge is 0.462 e. The summed E-state index contributed by atoms with van der Waals surface area (Å²) in [5.41, 5.74) is 0.788. The molecular formula is C12H17NO4S. The molecular weight excluding hydrogens is 254 g/mol. The first-order valence-corrected chi connectivity index (χ1v) is 6.97. The van der Waals surface area contributed by atoms with Gasteiger partial charge in [-0.3, -0.25) is 14.2 Å². The average Bonchev–Trinajstić information content (AvgIpc) is 2.69. The minimum Gasteiger partial charge on any atom is -0.462 e. The van der Waals surface area contributed by atoms with Gasteiger partial charge in [0.1, 0.15) is 13.2 Å². The molecule has 100 valence electrons. The Kier molecular flexibility index (Phi) is 4.54. The van der Waals surface area contributed by atoms with Crippen molar-refractivity contribution >= 4 is 17.3 Å². The number of aryl methyl sites for hydroxylation is 1. The van der Waals surface area contributed by atoms with E-state index in [0.29, 0.717) is 0 Å². The summed E-state index contributed by atoms with van der Waals surface area (Å²) in [5.74, 6) is -0.382. The molecule has 0 radical (unpaired) electrons. The number of carbonyl (C=O) groups is 1. The first-order valence-electron chi connectivity index (χ1n) is 6.09. The van der Waals surface area contributed by atoms with Crippen LogP contribution in [-0.2, 0) is 20.8 Å². The second-order valence-corrected chi connectivity index (χ2v) is 5.22. The quantitative estimate of drug-likeness (QED) is 0.775. The van der Waals surface area contributed by atoms with Gasteiger partial charge < -0.3 is 9.47 Å². The number of hydrogen-bond acceptors (Lipinski definition) is 5. The number of rotatable bonds is 4. The van der Waals surface area contributed by atoms with Gasteiger partial charge in [-0.25, -0.2) is 0 Å². The van der Waals surface area contributed by atoms with Gasteiger partial charge >= 0.3 is 10.8 Å². The number of hydrogen-bond donors (Lipinski definition) is 0. The third-order valence-corrected chi connectivity index (χ3v) is 3.85. The van der Waals surface area contributed by atoms with Crippen LogP contribution in [0.4, 0.5) is 0 Å². The van der Waals surface area contributed by atoms with Gasteiger partial charge in [0, 0.05) is 17.7 Å². The van der Waals surface area contributed by atoms with Gasteiger partial charge in [-0.15, -0.1) is 0 Å². The molecule has 0 amide bonds. The molecule has 1 aliphatic rings. The van der Waals surface area contributed by atoms with E-state index in [1.54, 1.807) is 12.3 Å². The molecule has 2 heterocycles. The molecule has 18 heavy (non-hydrogen) atoms. The molecule has 1 unspecified atom stereocenters. The zero-order valence-electron chi connectivity index (χ0n) is 10.4. The van der Waals surface area contributed by atoms with Crippen LogP contribution in [0.15, 0.2) is 10.2 Å². The minimum absolute atomic E-state index is 0.0130. The molecule has 1 fully saturated rings. The predicted molar refractivity (Wildman–Crippen MR) is 67.9 cm³/mol. The lowest BCUT2D eigenvalue weighted by molar-refractivity contribution is -0.149. The lowest BCUT2D eigenvalue weighted by atomic mass is 10.1. The SMILES string of the molecule is Cc1csc(=O)n1CC(=O)OCC1CCCCO1. The summed E-state index contributed by atoms with van der Waals surface area (Å²) in [6, 6.07) is 0. The summed E-state index contributed by atoms with van der Waals surface area (Å²) in [7, 11) is 0. The average molecular weight is 271 g/mol. The van der Waals surface area contributed by atoms with Crippen molar-refractivity contribution in [1.29, 1.82) is 0 Å². The molecule has 0 aromatic carbocycles. The van der Waals surface area contributed by atoms with E-state index in [1.165, 1.54) is 4.57 Å². The Bertz CT molecular complexity index is 459. The van der Waals surface area contributed by atoms with Gasteiger partial charge in [0.2, 0.25) is 0 Å². The van der Waals surface area contributed by atoms with E-state index < -0.39 is 0 Å². The summed E-state index contributed by atoms with van der Waals surface area (Å²) in [6.07, 6.45) is 3.15. The molecule has 6 heteroatoms. The van der Waals surface area contributed by atoms with Gasteiger partial charge in [-0.2, -0.15) is 0 Å². The van der Waals surface area contributed by atoms with Crippen LogP contribution in [0, 0.1) is 6.92 Å². The van der Waals surface area contributed by atoms with Crippen LogP contribution in [-0.4, -0.2) is 29.9 Å². The Morgan fingerprint density at radius 2 is 2.44 bits per heavy atom. The lowest BCUT2D eigenvalue weighted by Crippen LogP contribution is -2.28. The van der Waals surface area contributed by atoms with Crippen LogP contribution >= 0.6 is 11.3 Å². The smallest absolute Gasteiger partial charge is 0.326 e. The zero-order chi connectivity index (χ0) is 13.0. The Hall–Kier alpha value is -1.14. The van der Waals surface area contributed by atoms with Crippen molar-refractivity contribution in [3.8, 4) is 0 Å². The van der Waals surface area contributed by atoms with Crippen LogP contribution in [0.3, 0.4) is 0 Å². The highest BCUT2D eigenvalue weighted by atomic mass is 32.1. The van der Waals surface area contributed by atoms with Gasteiger partial charge in [0.15, 0.2) is 0 Å². The van der Waals surface area contributed by atoms with Crippen LogP contribution in [0.25, 0.3) is 0 Å². The van der Waals surface area contributed by atoms with Crippen LogP contribution < -0.4 is 4.87 Å². The van der Waals surface area contributed by atoms with Gasteiger partial charge in [-0.1, -0.05) is 11.3 Å². The highest BCUT2D eigenvalue weighted by molar-refractivity contribution is 7.07. The molecule has 1 aromatic rings. The Morgan fingerprint density at radius 1 is 1.61 bits per heavy atom. The van der Waals surface area contributed by atoms with Gasteiger partial charge in [0.05, 0.1) is 6.10 Å². The monoisotopic (exact) mass is 271 g/mol. The van der Waals surface area contributed by atoms with E-state index in [1.807, 2.05) is 0 Å². The van der Waals surface area contributed by atoms with Crippen molar-refractivity contribution in [3.05, 3.63) is 20.7 Å². The summed E-state index contributed by atoms with van der Waals surface area (Å²) >= 11 is 1.09. The predicted octanol–water partition coefficient (Wildman–Crippen LogP) is 1.33. The fourth-order valence-corrected chi connectivity index (χ4v) is 2.63. The second-order valence-electron chi connectivity index (χ2n) is 4.40. The zero-order valence-corrected chi connectivity index (χ0v) is 11.2. The molecule has 1 atom stereocenters. The topological polar surface area (TPSA) is 57.5 Å². The van der Waals surface area contributed by atoms with Gasteiger partial charge in [0.25, 0.3) is 0 Å². The lowest BCUT2D eigenvalue weighted by Gasteiger charge is -2.22. The Labute approximate surface area is 109 Å². The molecule has 0 aliphatic carbocycles. The summed E-state index contributed by atoms with van der Waals surface area (Å²) in [5, 5.41) is 1.74. The molecule has 5 nitrogen and oxygen atoms in total. The van der Waals surface area contributed by atoms with Crippen LogP contribution in [0.1, 0.15) is 25.0 Å². The molecule has 1 aliphatic heterocycles. The molecule has 1 aromatic heterocycles. The van der Waals surface area contributed by atoms with Gasteiger partial charge in [-0.05, 0) is 26.2 Å². The third-order valence-electron chi connectivity index (χ3n) is 2.97. The van der Waals surface area contributed by atoms with Crippen molar-refractivity contribution in [2.24, 2.45) is 0 Å². The highest BCUT2D eigenvalue weighted by Gasteiger charge is 2.16. The summed E-state index contributed by atoms with van der Waals surface area (Å²) in [6.45, 7) is 2.82. The molecule has 0 bridgehead atoms. The van der Waals surface area contributed by atoms with Crippen molar-refractivity contribution in [2.75, 3.05) is 13.2 Å². The normalized spacial score (nSPS) is 19.7. The maximum atomic E-state index is 11.6. The van der Waals surface area contributed by atoms with E-state index in [4.69, 9.17) is 9.47 Å². The van der Waals surface area contributed by atoms with Crippen LogP contribution in [0.2, 0.25) is 0 Å². The molecule has 0 spiro atoms. The Morgan fingerprint density at radius 3 is 3.06 bits per heavy atom. The third kappa shape index (κ3) is 3.43. The van der Waals surface area contributed by atoms with E-state index >= 15 is 0 Å².